The maximum absolute atomic E-state index is 5.05. The van der Waals surface area contributed by atoms with Crippen molar-refractivity contribution in [3.05, 3.63) is 18.3 Å². The maximum Gasteiger partial charge on any atom is 0.137 e. The van der Waals surface area contributed by atoms with Crippen molar-refractivity contribution in [1.29, 1.82) is 0 Å². The highest BCUT2D eigenvalue weighted by atomic mass is 16.5. The molecule has 1 aromatic rings. The number of ether oxygens (including phenoxy) is 1. The standard InChI is InChI=1S/C12H19N3O/c1-16-11-4-5-12(15-9-11)14-8-6-10-3-2-7-13-10/h4-5,9-10,13H,2-3,6-8H2,1H3,(H,14,15)/t10-/m0/s1. The number of hydrogen-bond donors (Lipinski definition) is 2. The Morgan fingerprint density at radius 2 is 2.50 bits per heavy atom. The Labute approximate surface area is 96.4 Å². The van der Waals surface area contributed by atoms with Gasteiger partial charge >= 0.3 is 0 Å². The van der Waals surface area contributed by atoms with Crippen LogP contribution >= 0.6 is 0 Å². The molecule has 2 N–H and O–H groups in total. The van der Waals surface area contributed by atoms with Crippen LogP contribution in [0.25, 0.3) is 0 Å². The molecule has 0 amide bonds. The van der Waals surface area contributed by atoms with E-state index in [4.69, 9.17) is 4.74 Å². The molecule has 4 nitrogen and oxygen atoms in total. The van der Waals surface area contributed by atoms with Crippen molar-refractivity contribution < 1.29 is 4.74 Å². The van der Waals surface area contributed by atoms with Gasteiger partial charge in [-0.15, -0.1) is 0 Å². The molecule has 1 aliphatic rings. The Kier molecular flexibility index (Phi) is 3.99. The van der Waals surface area contributed by atoms with Crippen LogP contribution in [-0.2, 0) is 0 Å². The van der Waals surface area contributed by atoms with E-state index >= 15 is 0 Å². The second kappa shape index (κ2) is 5.70. The topological polar surface area (TPSA) is 46.2 Å². The second-order valence-corrected chi connectivity index (χ2v) is 4.09. The number of rotatable bonds is 5. The molecule has 1 fully saturated rings. The van der Waals surface area contributed by atoms with E-state index in [0.717, 1.165) is 24.5 Å². The van der Waals surface area contributed by atoms with Gasteiger partial charge in [-0.05, 0) is 37.9 Å². The predicted molar refractivity (Wildman–Crippen MR) is 64.9 cm³/mol. The average molecular weight is 221 g/mol. The van der Waals surface area contributed by atoms with Crippen LogP contribution in [0.2, 0.25) is 0 Å². The Balaban J connectivity index is 1.71. The largest absolute Gasteiger partial charge is 0.495 e. The minimum absolute atomic E-state index is 0.686. The Morgan fingerprint density at radius 1 is 1.56 bits per heavy atom. The molecule has 2 rings (SSSR count). The summed E-state index contributed by atoms with van der Waals surface area (Å²) in [6.07, 6.45) is 5.51. The second-order valence-electron chi connectivity index (χ2n) is 4.09. The fourth-order valence-corrected chi connectivity index (χ4v) is 1.98. The summed E-state index contributed by atoms with van der Waals surface area (Å²) in [7, 11) is 1.65. The van der Waals surface area contributed by atoms with Crippen LogP contribution in [0.1, 0.15) is 19.3 Å². The number of nitrogens with one attached hydrogen (secondary N) is 2. The van der Waals surface area contributed by atoms with E-state index in [-0.39, 0.29) is 0 Å². The minimum Gasteiger partial charge on any atom is -0.495 e. The summed E-state index contributed by atoms with van der Waals surface area (Å²) < 4.78 is 5.05. The molecule has 1 saturated heterocycles. The molecule has 0 aliphatic carbocycles. The van der Waals surface area contributed by atoms with Crippen LogP contribution < -0.4 is 15.4 Å². The number of methoxy groups -OCH3 is 1. The number of anilines is 1. The van der Waals surface area contributed by atoms with Gasteiger partial charge in [-0.25, -0.2) is 4.98 Å². The van der Waals surface area contributed by atoms with Crippen LogP contribution in [-0.4, -0.2) is 31.2 Å². The van der Waals surface area contributed by atoms with Crippen LogP contribution in [0.4, 0.5) is 5.82 Å². The number of hydrogen-bond acceptors (Lipinski definition) is 4. The van der Waals surface area contributed by atoms with Gasteiger partial charge in [0.1, 0.15) is 11.6 Å². The highest BCUT2D eigenvalue weighted by molar-refractivity contribution is 5.37. The number of nitrogens with zero attached hydrogens (tertiary/aromatic N) is 1. The third kappa shape index (κ3) is 3.10. The lowest BCUT2D eigenvalue weighted by molar-refractivity contribution is 0.413. The van der Waals surface area contributed by atoms with Gasteiger partial charge in [-0.1, -0.05) is 0 Å². The first-order valence-electron chi connectivity index (χ1n) is 5.86. The van der Waals surface area contributed by atoms with Crippen molar-refractivity contribution in [1.82, 2.24) is 10.3 Å². The summed E-state index contributed by atoms with van der Waals surface area (Å²) in [6, 6.07) is 4.55. The minimum atomic E-state index is 0.686. The fraction of sp³-hybridized carbons (Fsp3) is 0.583. The fourth-order valence-electron chi connectivity index (χ4n) is 1.98. The first kappa shape index (κ1) is 11.2. The van der Waals surface area contributed by atoms with Gasteiger partial charge < -0.3 is 15.4 Å². The summed E-state index contributed by atoms with van der Waals surface area (Å²) in [4.78, 5) is 4.26. The maximum atomic E-state index is 5.05. The molecule has 2 heterocycles. The summed E-state index contributed by atoms with van der Waals surface area (Å²) in [5, 5.41) is 6.80. The van der Waals surface area contributed by atoms with E-state index in [1.165, 1.54) is 19.4 Å². The van der Waals surface area contributed by atoms with Crippen LogP contribution in [0.5, 0.6) is 5.75 Å². The molecule has 0 spiro atoms. The molecule has 0 saturated carbocycles. The molecule has 16 heavy (non-hydrogen) atoms. The first-order valence-corrected chi connectivity index (χ1v) is 5.86. The molecular weight excluding hydrogens is 202 g/mol. The quantitative estimate of drug-likeness (QED) is 0.793. The van der Waals surface area contributed by atoms with E-state index in [1.54, 1.807) is 13.3 Å². The van der Waals surface area contributed by atoms with Gasteiger partial charge in [0.05, 0.1) is 13.3 Å². The molecule has 0 aromatic carbocycles. The zero-order valence-electron chi connectivity index (χ0n) is 9.70. The average Bonchev–Trinajstić information content (AvgIpc) is 2.83. The normalized spacial score (nSPS) is 19.7. The highest BCUT2D eigenvalue weighted by Crippen LogP contribution is 2.12. The summed E-state index contributed by atoms with van der Waals surface area (Å²) in [5.41, 5.74) is 0. The van der Waals surface area contributed by atoms with Crippen molar-refractivity contribution in [3.63, 3.8) is 0 Å². The molecule has 4 heteroatoms. The van der Waals surface area contributed by atoms with E-state index in [1.807, 2.05) is 12.1 Å². The number of aromatic nitrogens is 1. The predicted octanol–water partition coefficient (Wildman–Crippen LogP) is 1.64. The van der Waals surface area contributed by atoms with Gasteiger partial charge in [0.2, 0.25) is 0 Å². The summed E-state index contributed by atoms with van der Waals surface area (Å²) in [6.45, 7) is 2.14. The highest BCUT2D eigenvalue weighted by Gasteiger charge is 2.12. The van der Waals surface area contributed by atoms with E-state index in [2.05, 4.69) is 15.6 Å². The molecule has 1 atom stereocenters. The van der Waals surface area contributed by atoms with Gasteiger partial charge in [0, 0.05) is 12.6 Å². The van der Waals surface area contributed by atoms with Crippen LogP contribution in [0, 0.1) is 0 Å². The third-order valence-electron chi connectivity index (χ3n) is 2.93. The Morgan fingerprint density at radius 3 is 3.12 bits per heavy atom. The monoisotopic (exact) mass is 221 g/mol. The lowest BCUT2D eigenvalue weighted by Gasteiger charge is -2.11. The molecule has 0 bridgehead atoms. The zero-order valence-corrected chi connectivity index (χ0v) is 9.70. The number of pyridine rings is 1. The third-order valence-corrected chi connectivity index (χ3v) is 2.93. The Hall–Kier alpha value is -1.29. The molecule has 1 aromatic heterocycles. The molecule has 1 aliphatic heterocycles. The van der Waals surface area contributed by atoms with Gasteiger partial charge in [-0.2, -0.15) is 0 Å². The van der Waals surface area contributed by atoms with Gasteiger partial charge in [0.15, 0.2) is 0 Å². The molecule has 88 valence electrons. The summed E-state index contributed by atoms with van der Waals surface area (Å²) >= 11 is 0. The summed E-state index contributed by atoms with van der Waals surface area (Å²) in [5.74, 6) is 1.71. The molecular formula is C12H19N3O. The molecule has 0 unspecified atom stereocenters. The smallest absolute Gasteiger partial charge is 0.137 e. The zero-order chi connectivity index (χ0) is 11.2. The van der Waals surface area contributed by atoms with Crippen molar-refractivity contribution in [3.8, 4) is 5.75 Å². The molecule has 0 radical (unpaired) electrons. The first-order chi connectivity index (χ1) is 7.88. The SMILES string of the molecule is COc1ccc(NCC[C@@H]2CCCN2)nc1. The van der Waals surface area contributed by atoms with E-state index < -0.39 is 0 Å². The van der Waals surface area contributed by atoms with Crippen molar-refractivity contribution in [2.75, 3.05) is 25.5 Å². The van der Waals surface area contributed by atoms with Gasteiger partial charge in [-0.3, -0.25) is 0 Å². The van der Waals surface area contributed by atoms with Crippen LogP contribution in [0.3, 0.4) is 0 Å². The Bertz CT molecular complexity index is 307. The lowest BCUT2D eigenvalue weighted by atomic mass is 10.1. The van der Waals surface area contributed by atoms with Crippen LogP contribution in [0.15, 0.2) is 18.3 Å². The van der Waals surface area contributed by atoms with Crippen molar-refractivity contribution >= 4 is 5.82 Å². The van der Waals surface area contributed by atoms with Crippen molar-refractivity contribution in [2.45, 2.75) is 25.3 Å². The lowest BCUT2D eigenvalue weighted by Crippen LogP contribution is -2.24. The van der Waals surface area contributed by atoms with E-state index in [0.29, 0.717) is 6.04 Å². The van der Waals surface area contributed by atoms with Crippen molar-refractivity contribution in [2.24, 2.45) is 0 Å². The van der Waals surface area contributed by atoms with E-state index in [9.17, 15) is 0 Å². The van der Waals surface area contributed by atoms with Gasteiger partial charge in [0.25, 0.3) is 0 Å².